The molecule has 1 aliphatic rings. The summed E-state index contributed by atoms with van der Waals surface area (Å²) in [4.78, 5) is 2.39. The maximum Gasteiger partial charge on any atom is 0.150 e. The largest absolute Gasteiger partial charge is 0.394 e. The van der Waals surface area contributed by atoms with Crippen LogP contribution in [0.4, 0.5) is 11.5 Å². The SMILES string of the molecule is CSC1CCN(c2c(N)c(C(C)C)nn2C)CC1. The summed E-state index contributed by atoms with van der Waals surface area (Å²) in [5.74, 6) is 1.49. The quantitative estimate of drug-likeness (QED) is 0.915. The highest BCUT2D eigenvalue weighted by Gasteiger charge is 2.25. The van der Waals surface area contributed by atoms with Crippen molar-refractivity contribution < 1.29 is 0 Å². The molecule has 1 aromatic heterocycles. The van der Waals surface area contributed by atoms with Crippen LogP contribution in [0.3, 0.4) is 0 Å². The van der Waals surface area contributed by atoms with Crippen molar-refractivity contribution in [3.05, 3.63) is 5.69 Å². The highest BCUT2D eigenvalue weighted by Crippen LogP contribution is 2.33. The molecule has 2 N–H and O–H groups in total. The fourth-order valence-electron chi connectivity index (χ4n) is 2.66. The van der Waals surface area contributed by atoms with Gasteiger partial charge in [0, 0.05) is 25.4 Å². The van der Waals surface area contributed by atoms with E-state index in [1.54, 1.807) is 0 Å². The number of rotatable bonds is 3. The van der Waals surface area contributed by atoms with Crippen molar-refractivity contribution in [2.24, 2.45) is 7.05 Å². The second-order valence-electron chi connectivity index (χ2n) is 5.32. The lowest BCUT2D eigenvalue weighted by Crippen LogP contribution is -2.36. The molecule has 0 saturated carbocycles. The van der Waals surface area contributed by atoms with Crippen molar-refractivity contribution >= 4 is 23.3 Å². The van der Waals surface area contributed by atoms with Gasteiger partial charge in [-0.15, -0.1) is 0 Å². The van der Waals surface area contributed by atoms with E-state index in [0.29, 0.717) is 5.92 Å². The standard InChI is InChI=1S/C13H24N4S/c1-9(2)12-11(14)13(16(3)15-12)17-7-5-10(18-4)6-8-17/h9-10H,5-8,14H2,1-4H3. The molecule has 2 heterocycles. The number of hydrogen-bond donors (Lipinski definition) is 1. The Kier molecular flexibility index (Phi) is 4.10. The number of aryl methyl sites for hydroxylation is 1. The van der Waals surface area contributed by atoms with Gasteiger partial charge < -0.3 is 10.6 Å². The number of anilines is 2. The maximum absolute atomic E-state index is 6.27. The van der Waals surface area contributed by atoms with Crippen molar-refractivity contribution in [1.29, 1.82) is 0 Å². The van der Waals surface area contributed by atoms with E-state index in [1.807, 2.05) is 23.5 Å². The number of nitrogen functional groups attached to an aromatic ring is 1. The fraction of sp³-hybridized carbons (Fsp3) is 0.769. The smallest absolute Gasteiger partial charge is 0.150 e. The molecule has 0 unspecified atom stereocenters. The summed E-state index contributed by atoms with van der Waals surface area (Å²) in [6.45, 7) is 6.46. The van der Waals surface area contributed by atoms with Crippen LogP contribution in [-0.2, 0) is 7.05 Å². The fourth-order valence-corrected chi connectivity index (χ4v) is 3.34. The normalized spacial score (nSPS) is 17.7. The molecule has 0 amide bonds. The number of aromatic nitrogens is 2. The second-order valence-corrected chi connectivity index (χ2v) is 6.46. The molecule has 0 atom stereocenters. The predicted molar refractivity (Wildman–Crippen MR) is 80.5 cm³/mol. The van der Waals surface area contributed by atoms with Gasteiger partial charge in [0.1, 0.15) is 5.82 Å². The summed E-state index contributed by atoms with van der Waals surface area (Å²) < 4.78 is 1.95. The maximum atomic E-state index is 6.27. The number of piperidine rings is 1. The van der Waals surface area contributed by atoms with Gasteiger partial charge in [-0.25, -0.2) is 0 Å². The molecular weight excluding hydrogens is 244 g/mol. The topological polar surface area (TPSA) is 47.1 Å². The summed E-state index contributed by atoms with van der Waals surface area (Å²) in [6, 6.07) is 0. The number of hydrogen-bond acceptors (Lipinski definition) is 4. The lowest BCUT2D eigenvalue weighted by Gasteiger charge is -2.32. The molecule has 0 spiro atoms. The van der Waals surface area contributed by atoms with E-state index in [2.05, 4.69) is 30.1 Å². The minimum atomic E-state index is 0.383. The van der Waals surface area contributed by atoms with E-state index >= 15 is 0 Å². The van der Waals surface area contributed by atoms with Crippen LogP contribution in [-0.4, -0.2) is 34.4 Å². The second kappa shape index (κ2) is 5.43. The summed E-state index contributed by atoms with van der Waals surface area (Å²) in [5.41, 5.74) is 8.17. The zero-order valence-electron chi connectivity index (χ0n) is 11.8. The first kappa shape index (κ1) is 13.6. The molecule has 0 aliphatic carbocycles. The first-order valence-electron chi connectivity index (χ1n) is 6.64. The van der Waals surface area contributed by atoms with Gasteiger partial charge in [-0.05, 0) is 25.0 Å². The predicted octanol–water partition coefficient (Wildman–Crippen LogP) is 2.46. The molecular formula is C13H24N4S. The summed E-state index contributed by atoms with van der Waals surface area (Å²) in [5, 5.41) is 5.37. The monoisotopic (exact) mass is 268 g/mol. The zero-order valence-corrected chi connectivity index (χ0v) is 12.6. The van der Waals surface area contributed by atoms with Gasteiger partial charge >= 0.3 is 0 Å². The van der Waals surface area contributed by atoms with Crippen molar-refractivity contribution in [2.75, 3.05) is 30.0 Å². The molecule has 2 rings (SSSR count). The molecule has 4 nitrogen and oxygen atoms in total. The van der Waals surface area contributed by atoms with Gasteiger partial charge in [-0.2, -0.15) is 16.9 Å². The van der Waals surface area contributed by atoms with Crippen molar-refractivity contribution in [1.82, 2.24) is 9.78 Å². The third kappa shape index (κ3) is 2.46. The summed E-state index contributed by atoms with van der Waals surface area (Å²) in [6.07, 6.45) is 4.68. The van der Waals surface area contributed by atoms with Crippen LogP contribution in [0.15, 0.2) is 0 Å². The van der Waals surface area contributed by atoms with Crippen LogP contribution >= 0.6 is 11.8 Å². The van der Waals surface area contributed by atoms with Crippen LogP contribution < -0.4 is 10.6 Å². The van der Waals surface area contributed by atoms with E-state index in [9.17, 15) is 0 Å². The Balaban J connectivity index is 2.19. The van der Waals surface area contributed by atoms with E-state index in [1.165, 1.54) is 12.8 Å². The Morgan fingerprint density at radius 2 is 1.94 bits per heavy atom. The Morgan fingerprint density at radius 3 is 2.39 bits per heavy atom. The number of thioether (sulfide) groups is 1. The number of nitrogens with two attached hydrogens (primary N) is 1. The van der Waals surface area contributed by atoms with Gasteiger partial charge in [-0.1, -0.05) is 13.8 Å². The summed E-state index contributed by atoms with van der Waals surface area (Å²) in [7, 11) is 2.00. The van der Waals surface area contributed by atoms with Gasteiger partial charge in [0.15, 0.2) is 0 Å². The van der Waals surface area contributed by atoms with Gasteiger partial charge in [0.25, 0.3) is 0 Å². The molecule has 1 aromatic rings. The lowest BCUT2D eigenvalue weighted by atomic mass is 10.1. The molecule has 18 heavy (non-hydrogen) atoms. The number of nitrogens with zero attached hydrogens (tertiary/aromatic N) is 3. The third-order valence-corrected chi connectivity index (χ3v) is 4.84. The van der Waals surface area contributed by atoms with Crippen LogP contribution in [0.5, 0.6) is 0 Å². The van der Waals surface area contributed by atoms with Crippen molar-refractivity contribution in [3.63, 3.8) is 0 Å². The Bertz CT molecular complexity index is 405. The Hall–Kier alpha value is -0.840. The molecule has 1 fully saturated rings. The molecule has 0 radical (unpaired) electrons. The third-order valence-electron chi connectivity index (χ3n) is 3.70. The van der Waals surface area contributed by atoms with Gasteiger partial charge in [0.05, 0.1) is 11.4 Å². The average Bonchev–Trinajstić information content (AvgIpc) is 2.65. The first-order chi connectivity index (χ1) is 8.54. The van der Waals surface area contributed by atoms with E-state index in [0.717, 1.165) is 35.5 Å². The van der Waals surface area contributed by atoms with Gasteiger partial charge in [-0.3, -0.25) is 4.68 Å². The van der Waals surface area contributed by atoms with Crippen LogP contribution in [0.25, 0.3) is 0 Å². The molecule has 1 aliphatic heterocycles. The van der Waals surface area contributed by atoms with Crippen molar-refractivity contribution in [2.45, 2.75) is 37.9 Å². The minimum Gasteiger partial charge on any atom is -0.394 e. The van der Waals surface area contributed by atoms with Crippen LogP contribution in [0, 0.1) is 0 Å². The van der Waals surface area contributed by atoms with Crippen molar-refractivity contribution in [3.8, 4) is 0 Å². The summed E-state index contributed by atoms with van der Waals surface area (Å²) >= 11 is 1.98. The minimum absolute atomic E-state index is 0.383. The molecule has 5 heteroatoms. The van der Waals surface area contributed by atoms with E-state index in [4.69, 9.17) is 5.73 Å². The average molecular weight is 268 g/mol. The van der Waals surface area contributed by atoms with Crippen LogP contribution in [0.1, 0.15) is 38.3 Å². The highest BCUT2D eigenvalue weighted by molar-refractivity contribution is 7.99. The Labute approximate surface area is 114 Å². The molecule has 0 bridgehead atoms. The zero-order chi connectivity index (χ0) is 13.3. The molecule has 1 saturated heterocycles. The van der Waals surface area contributed by atoms with E-state index < -0.39 is 0 Å². The Morgan fingerprint density at radius 1 is 1.33 bits per heavy atom. The first-order valence-corrected chi connectivity index (χ1v) is 7.93. The molecule has 102 valence electrons. The van der Waals surface area contributed by atoms with E-state index in [-0.39, 0.29) is 0 Å². The van der Waals surface area contributed by atoms with Gasteiger partial charge in [0.2, 0.25) is 0 Å². The molecule has 0 aromatic carbocycles. The highest BCUT2D eigenvalue weighted by atomic mass is 32.2. The lowest BCUT2D eigenvalue weighted by molar-refractivity contribution is 0.572. The van der Waals surface area contributed by atoms with Crippen LogP contribution in [0.2, 0.25) is 0 Å².